The molecule has 3 aromatic rings. The minimum Gasteiger partial charge on any atom is -0.338 e. The van der Waals surface area contributed by atoms with Crippen molar-refractivity contribution in [1.82, 2.24) is 14.5 Å². The Morgan fingerprint density at radius 1 is 1.17 bits per heavy atom. The summed E-state index contributed by atoms with van der Waals surface area (Å²) in [6, 6.07) is 14.8. The minimum atomic E-state index is -0.418. The fourth-order valence-corrected chi connectivity index (χ4v) is 3.73. The maximum absolute atomic E-state index is 12.8. The third-order valence-electron chi connectivity index (χ3n) is 5.41. The highest BCUT2D eigenvalue weighted by molar-refractivity contribution is 5.98. The summed E-state index contributed by atoms with van der Waals surface area (Å²) in [6.07, 6.45) is 1.73. The largest absolute Gasteiger partial charge is 0.338 e. The van der Waals surface area contributed by atoms with Gasteiger partial charge in [-0.3, -0.25) is 19.0 Å². The molecule has 1 aliphatic heterocycles. The second-order valence-electron chi connectivity index (χ2n) is 7.93. The van der Waals surface area contributed by atoms with Crippen LogP contribution in [-0.2, 0) is 16.1 Å². The molecule has 1 fully saturated rings. The molecule has 0 saturated carbocycles. The third kappa shape index (κ3) is 3.96. The van der Waals surface area contributed by atoms with Crippen molar-refractivity contribution in [3.05, 3.63) is 70.8 Å². The van der Waals surface area contributed by atoms with Gasteiger partial charge in [-0.2, -0.15) is 0 Å². The molecule has 0 unspecified atom stereocenters. The van der Waals surface area contributed by atoms with Crippen LogP contribution >= 0.6 is 0 Å². The van der Waals surface area contributed by atoms with Crippen LogP contribution in [0.25, 0.3) is 10.9 Å². The van der Waals surface area contributed by atoms with E-state index in [2.05, 4.69) is 10.3 Å². The quantitative estimate of drug-likeness (QED) is 0.709. The molecule has 1 aliphatic rings. The molecule has 154 valence electrons. The summed E-state index contributed by atoms with van der Waals surface area (Å²) >= 11 is 0. The molecular formula is C23H24N4O3. The van der Waals surface area contributed by atoms with Gasteiger partial charge in [0.25, 0.3) is 5.56 Å². The zero-order chi connectivity index (χ0) is 21.3. The van der Waals surface area contributed by atoms with Crippen molar-refractivity contribution in [3.8, 4) is 0 Å². The molecule has 1 atom stereocenters. The van der Waals surface area contributed by atoms with Crippen molar-refractivity contribution in [2.75, 3.05) is 11.9 Å². The lowest BCUT2D eigenvalue weighted by molar-refractivity contribution is -0.128. The van der Waals surface area contributed by atoms with E-state index in [4.69, 9.17) is 0 Å². The lowest BCUT2D eigenvalue weighted by atomic mass is 10.1. The number of hydrogen-bond donors (Lipinski definition) is 1. The minimum absolute atomic E-state index is 0.00672. The Kier molecular flexibility index (Phi) is 5.35. The fourth-order valence-electron chi connectivity index (χ4n) is 3.73. The number of carbonyl (C=O) groups is 2. The van der Waals surface area contributed by atoms with E-state index in [-0.39, 0.29) is 29.8 Å². The molecule has 2 aromatic carbocycles. The van der Waals surface area contributed by atoms with Gasteiger partial charge < -0.3 is 10.2 Å². The van der Waals surface area contributed by atoms with Gasteiger partial charge >= 0.3 is 0 Å². The van der Waals surface area contributed by atoms with Crippen LogP contribution in [0.3, 0.4) is 0 Å². The summed E-state index contributed by atoms with van der Waals surface area (Å²) in [5.74, 6) is -0.661. The summed E-state index contributed by atoms with van der Waals surface area (Å²) in [4.78, 5) is 43.8. The SMILES string of the molecule is CC(C)n1cnc2ccc(NC(=O)[C@H]3CC(=O)N(Cc4ccccc4)C3)cc2c1=O. The van der Waals surface area contributed by atoms with Gasteiger partial charge in [0.1, 0.15) is 0 Å². The average Bonchev–Trinajstić information content (AvgIpc) is 3.09. The number of nitrogens with zero attached hydrogens (tertiary/aromatic N) is 3. The van der Waals surface area contributed by atoms with Crippen LogP contribution in [0.1, 0.15) is 31.9 Å². The first-order valence-corrected chi connectivity index (χ1v) is 10.1. The summed E-state index contributed by atoms with van der Waals surface area (Å²) in [5, 5.41) is 3.32. The number of aromatic nitrogens is 2. The summed E-state index contributed by atoms with van der Waals surface area (Å²) in [5.41, 5.74) is 2.01. The monoisotopic (exact) mass is 404 g/mol. The Morgan fingerprint density at radius 3 is 2.67 bits per heavy atom. The number of rotatable bonds is 5. The van der Waals surface area contributed by atoms with E-state index >= 15 is 0 Å². The maximum atomic E-state index is 12.8. The van der Waals surface area contributed by atoms with E-state index in [9.17, 15) is 14.4 Å². The number of anilines is 1. The smallest absolute Gasteiger partial charge is 0.261 e. The molecule has 30 heavy (non-hydrogen) atoms. The Labute approximate surface area is 174 Å². The second-order valence-corrected chi connectivity index (χ2v) is 7.93. The van der Waals surface area contributed by atoms with E-state index < -0.39 is 5.92 Å². The van der Waals surface area contributed by atoms with Crippen LogP contribution in [0.5, 0.6) is 0 Å². The highest BCUT2D eigenvalue weighted by Gasteiger charge is 2.34. The molecule has 0 bridgehead atoms. The summed E-state index contributed by atoms with van der Waals surface area (Å²) in [6.45, 7) is 4.71. The number of amides is 2. The highest BCUT2D eigenvalue weighted by atomic mass is 16.2. The summed E-state index contributed by atoms with van der Waals surface area (Å²) in [7, 11) is 0. The molecule has 0 spiro atoms. The van der Waals surface area contributed by atoms with Crippen molar-refractivity contribution < 1.29 is 9.59 Å². The molecule has 1 saturated heterocycles. The van der Waals surface area contributed by atoms with Crippen molar-refractivity contribution in [1.29, 1.82) is 0 Å². The lowest BCUT2D eigenvalue weighted by Gasteiger charge is -2.17. The Balaban J connectivity index is 1.48. The molecular weight excluding hydrogens is 380 g/mol. The number of carbonyl (C=O) groups excluding carboxylic acids is 2. The van der Waals surface area contributed by atoms with Crippen LogP contribution in [0, 0.1) is 5.92 Å². The zero-order valence-electron chi connectivity index (χ0n) is 17.0. The number of benzene rings is 2. The first-order chi connectivity index (χ1) is 14.4. The summed E-state index contributed by atoms with van der Waals surface area (Å²) < 4.78 is 1.56. The van der Waals surface area contributed by atoms with E-state index in [1.165, 1.54) is 0 Å². The van der Waals surface area contributed by atoms with Crippen LogP contribution < -0.4 is 10.9 Å². The number of likely N-dealkylation sites (tertiary alicyclic amines) is 1. The van der Waals surface area contributed by atoms with Gasteiger partial charge in [-0.05, 0) is 37.6 Å². The van der Waals surface area contributed by atoms with Crippen LogP contribution in [0.2, 0.25) is 0 Å². The molecule has 4 rings (SSSR count). The van der Waals surface area contributed by atoms with E-state index in [1.807, 2.05) is 44.2 Å². The molecule has 0 radical (unpaired) electrons. The average molecular weight is 404 g/mol. The Morgan fingerprint density at radius 2 is 1.93 bits per heavy atom. The molecule has 7 nitrogen and oxygen atoms in total. The number of fused-ring (bicyclic) bond motifs is 1. The predicted octanol–water partition coefficient (Wildman–Crippen LogP) is 2.96. The van der Waals surface area contributed by atoms with Gasteiger partial charge in [0, 0.05) is 31.2 Å². The lowest BCUT2D eigenvalue weighted by Crippen LogP contribution is -2.28. The fraction of sp³-hybridized carbons (Fsp3) is 0.304. The van der Waals surface area contributed by atoms with Gasteiger partial charge in [0.05, 0.1) is 23.1 Å². The highest BCUT2D eigenvalue weighted by Crippen LogP contribution is 2.23. The van der Waals surface area contributed by atoms with Gasteiger partial charge in [0.2, 0.25) is 11.8 Å². The van der Waals surface area contributed by atoms with E-state index in [0.29, 0.717) is 29.7 Å². The molecule has 2 heterocycles. The van der Waals surface area contributed by atoms with Crippen LogP contribution in [-0.4, -0.2) is 32.8 Å². The van der Waals surface area contributed by atoms with Gasteiger partial charge in [0.15, 0.2) is 0 Å². The number of nitrogens with one attached hydrogen (secondary N) is 1. The molecule has 2 amide bonds. The van der Waals surface area contributed by atoms with Crippen LogP contribution in [0.15, 0.2) is 59.7 Å². The maximum Gasteiger partial charge on any atom is 0.261 e. The molecule has 7 heteroatoms. The second kappa shape index (κ2) is 8.10. The normalized spacial score (nSPS) is 16.4. The van der Waals surface area contributed by atoms with Crippen molar-refractivity contribution in [3.63, 3.8) is 0 Å². The number of hydrogen-bond acceptors (Lipinski definition) is 4. The molecule has 0 aliphatic carbocycles. The first-order valence-electron chi connectivity index (χ1n) is 10.1. The Bertz CT molecular complexity index is 1150. The first kappa shape index (κ1) is 19.8. The predicted molar refractivity (Wildman–Crippen MR) is 115 cm³/mol. The standard InChI is InChI=1S/C23H24N4O3/c1-15(2)27-14-24-20-9-8-18(11-19(20)23(27)30)25-22(29)17-10-21(28)26(13-17)12-16-6-4-3-5-7-16/h3-9,11,14-15,17H,10,12-13H2,1-2H3,(H,25,29)/t17-/m0/s1. The van der Waals surface area contributed by atoms with E-state index in [0.717, 1.165) is 5.56 Å². The van der Waals surface area contributed by atoms with Crippen molar-refractivity contribution >= 4 is 28.4 Å². The van der Waals surface area contributed by atoms with Gasteiger partial charge in [-0.25, -0.2) is 4.98 Å². The van der Waals surface area contributed by atoms with Gasteiger partial charge in [-0.1, -0.05) is 30.3 Å². The molecule has 1 N–H and O–H groups in total. The van der Waals surface area contributed by atoms with Crippen LogP contribution in [0.4, 0.5) is 5.69 Å². The third-order valence-corrected chi connectivity index (χ3v) is 5.41. The van der Waals surface area contributed by atoms with E-state index in [1.54, 1.807) is 34.0 Å². The van der Waals surface area contributed by atoms with Crippen molar-refractivity contribution in [2.24, 2.45) is 5.92 Å². The zero-order valence-corrected chi connectivity index (χ0v) is 17.0. The topological polar surface area (TPSA) is 84.3 Å². The van der Waals surface area contributed by atoms with Gasteiger partial charge in [-0.15, -0.1) is 0 Å². The van der Waals surface area contributed by atoms with Crippen molar-refractivity contribution in [2.45, 2.75) is 32.9 Å². The Hall–Kier alpha value is -3.48. The molecule has 1 aromatic heterocycles.